The van der Waals surface area contributed by atoms with Gasteiger partial charge >= 0.3 is 12.1 Å². The zero-order valence-electron chi connectivity index (χ0n) is 13.6. The Kier molecular flexibility index (Phi) is 5.31. The molecule has 1 saturated heterocycles. The summed E-state index contributed by atoms with van der Waals surface area (Å²) >= 11 is 0. The quantitative estimate of drug-likeness (QED) is 0.887. The van der Waals surface area contributed by atoms with Crippen LogP contribution in [0, 0.1) is 5.92 Å². The van der Waals surface area contributed by atoms with Gasteiger partial charge in [0.2, 0.25) is 0 Å². The number of halogens is 3. The Morgan fingerprint density at radius 3 is 2.76 bits per heavy atom. The molecule has 0 saturated carbocycles. The van der Waals surface area contributed by atoms with Crippen LogP contribution in [0.25, 0.3) is 0 Å². The number of piperidine rings is 1. The number of fused-ring (bicyclic) bond motifs is 1. The van der Waals surface area contributed by atoms with Crippen LogP contribution < -0.4 is 14.8 Å². The highest BCUT2D eigenvalue weighted by atomic mass is 19.4. The minimum Gasteiger partial charge on any atom is -0.486 e. The molecule has 0 aromatic carbocycles. The van der Waals surface area contributed by atoms with Crippen LogP contribution in [0.5, 0.6) is 11.5 Å². The van der Waals surface area contributed by atoms with Crippen molar-refractivity contribution in [3.05, 3.63) is 18.0 Å². The molecule has 9 heteroatoms. The third-order valence-corrected chi connectivity index (χ3v) is 4.25. The van der Waals surface area contributed by atoms with Crippen LogP contribution >= 0.6 is 0 Å². The molecule has 3 heterocycles. The molecule has 0 aliphatic carbocycles. The van der Waals surface area contributed by atoms with E-state index in [9.17, 15) is 18.0 Å². The number of hydrogen-bond acceptors (Lipinski definition) is 5. The third-order valence-electron chi connectivity index (χ3n) is 4.25. The lowest BCUT2D eigenvalue weighted by molar-refractivity contribution is -0.186. The molecular weight excluding hydrogens is 339 g/mol. The predicted octanol–water partition coefficient (Wildman–Crippen LogP) is 1.74. The van der Waals surface area contributed by atoms with Crippen LogP contribution in [0.1, 0.15) is 18.5 Å². The van der Waals surface area contributed by atoms with Gasteiger partial charge < -0.3 is 19.7 Å². The van der Waals surface area contributed by atoms with Crippen LogP contribution in [-0.2, 0) is 11.3 Å². The van der Waals surface area contributed by atoms with Crippen molar-refractivity contribution in [2.75, 3.05) is 32.8 Å². The topological polar surface area (TPSA) is 63.7 Å². The number of hydrogen-bond donors (Lipinski definition) is 1. The fraction of sp³-hybridized carbons (Fsp3) is 0.625. The van der Waals surface area contributed by atoms with Crippen molar-refractivity contribution in [2.24, 2.45) is 5.92 Å². The van der Waals surface area contributed by atoms with Crippen molar-refractivity contribution < 1.29 is 27.4 Å². The Balaban J connectivity index is 1.75. The zero-order chi connectivity index (χ0) is 17.9. The first-order chi connectivity index (χ1) is 11.9. The maximum atomic E-state index is 13.0. The molecule has 0 bridgehead atoms. The van der Waals surface area contributed by atoms with Gasteiger partial charge in [-0.15, -0.1) is 0 Å². The number of carbonyl (C=O) groups excluding carboxylic acids is 1. The van der Waals surface area contributed by atoms with Gasteiger partial charge in [0.05, 0.1) is 18.4 Å². The summed E-state index contributed by atoms with van der Waals surface area (Å²) in [5.41, 5.74) is 0.339. The summed E-state index contributed by atoms with van der Waals surface area (Å²) in [4.78, 5) is 16.8. The highest BCUT2D eigenvalue weighted by molar-refractivity contribution is 5.81. The van der Waals surface area contributed by atoms with Gasteiger partial charge in [-0.25, -0.2) is 0 Å². The number of carbonyl (C=O) groups is 1. The number of amides is 1. The monoisotopic (exact) mass is 359 g/mol. The largest absolute Gasteiger partial charge is 0.486 e. The number of alkyl halides is 3. The lowest BCUT2D eigenvalue weighted by atomic mass is 9.99. The Morgan fingerprint density at radius 2 is 2.08 bits per heavy atom. The summed E-state index contributed by atoms with van der Waals surface area (Å²) in [6.07, 6.45) is -1.80. The first kappa shape index (κ1) is 17.8. The van der Waals surface area contributed by atoms with Crippen LogP contribution in [0.15, 0.2) is 12.3 Å². The average molecular weight is 359 g/mol. The Bertz CT molecular complexity index is 618. The Morgan fingerprint density at radius 1 is 1.32 bits per heavy atom. The van der Waals surface area contributed by atoms with Gasteiger partial charge in [0.25, 0.3) is 0 Å². The van der Waals surface area contributed by atoms with E-state index in [1.807, 2.05) is 0 Å². The summed E-state index contributed by atoms with van der Waals surface area (Å²) in [5, 5.41) is 3.15. The number of ether oxygens (including phenoxy) is 2. The zero-order valence-corrected chi connectivity index (χ0v) is 13.6. The van der Waals surface area contributed by atoms with E-state index < -0.39 is 12.1 Å². The van der Waals surface area contributed by atoms with E-state index in [1.54, 1.807) is 0 Å². The molecule has 1 amide bonds. The van der Waals surface area contributed by atoms with Crippen LogP contribution in [0.3, 0.4) is 0 Å². The molecule has 1 fully saturated rings. The molecule has 2 aliphatic rings. The number of rotatable bonds is 4. The minimum absolute atomic E-state index is 0.00254. The second-order valence-electron chi connectivity index (χ2n) is 6.22. The van der Waals surface area contributed by atoms with Crippen LogP contribution in [-0.4, -0.2) is 54.8 Å². The van der Waals surface area contributed by atoms with E-state index in [1.165, 1.54) is 12.3 Å². The van der Waals surface area contributed by atoms with Gasteiger partial charge in [-0.2, -0.15) is 13.2 Å². The van der Waals surface area contributed by atoms with Crippen molar-refractivity contribution in [1.82, 2.24) is 15.2 Å². The summed E-state index contributed by atoms with van der Waals surface area (Å²) < 4.78 is 49.6. The highest BCUT2D eigenvalue weighted by Gasteiger charge is 2.43. The number of aromatic nitrogens is 1. The molecule has 1 unspecified atom stereocenters. The van der Waals surface area contributed by atoms with Gasteiger partial charge in [-0.05, 0) is 31.8 Å². The van der Waals surface area contributed by atoms with Gasteiger partial charge in [0.15, 0.2) is 11.5 Å². The summed E-state index contributed by atoms with van der Waals surface area (Å²) in [7, 11) is 0. The van der Waals surface area contributed by atoms with Crippen molar-refractivity contribution in [3.63, 3.8) is 0 Å². The summed E-state index contributed by atoms with van der Waals surface area (Å²) in [6.45, 7) is 2.06. The van der Waals surface area contributed by atoms with E-state index in [2.05, 4.69) is 10.3 Å². The summed E-state index contributed by atoms with van der Waals surface area (Å²) in [6, 6.07) is 1.53. The maximum absolute atomic E-state index is 13.0. The average Bonchev–Trinajstić information content (AvgIpc) is 2.60. The van der Waals surface area contributed by atoms with Crippen molar-refractivity contribution in [2.45, 2.75) is 25.6 Å². The van der Waals surface area contributed by atoms with E-state index in [4.69, 9.17) is 9.47 Å². The smallest absolute Gasteiger partial charge is 0.471 e. The highest BCUT2D eigenvalue weighted by Crippen LogP contribution is 2.30. The van der Waals surface area contributed by atoms with E-state index >= 15 is 0 Å². The molecule has 3 rings (SSSR count). The van der Waals surface area contributed by atoms with Gasteiger partial charge in [0.1, 0.15) is 13.2 Å². The number of pyridine rings is 1. The summed E-state index contributed by atoms with van der Waals surface area (Å²) in [5.74, 6) is -0.942. The van der Waals surface area contributed by atoms with E-state index in [0.717, 1.165) is 24.3 Å². The van der Waals surface area contributed by atoms with Crippen molar-refractivity contribution in [3.8, 4) is 11.5 Å². The molecule has 0 spiro atoms. The molecule has 0 radical (unpaired) electrons. The lowest BCUT2D eigenvalue weighted by Crippen LogP contribution is -2.45. The van der Waals surface area contributed by atoms with Crippen molar-refractivity contribution in [1.29, 1.82) is 0 Å². The minimum atomic E-state index is -4.91. The first-order valence-electron chi connectivity index (χ1n) is 8.25. The first-order valence-corrected chi connectivity index (χ1v) is 8.25. The molecule has 1 atom stereocenters. The molecule has 1 N–H and O–H groups in total. The molecule has 1 aromatic heterocycles. The molecule has 138 valence electrons. The van der Waals surface area contributed by atoms with E-state index in [0.29, 0.717) is 37.0 Å². The standard InChI is InChI=1S/C16H20F3N3O3/c17-16(18,19)15(23)22(9-11-2-1-3-20-7-11)10-12-6-13-14(8-21-12)25-5-4-24-13/h6,8,11,20H,1-5,7,9-10H2. The maximum Gasteiger partial charge on any atom is 0.471 e. The van der Waals surface area contributed by atoms with Crippen LogP contribution in [0.2, 0.25) is 0 Å². The predicted molar refractivity (Wildman–Crippen MR) is 82.3 cm³/mol. The fourth-order valence-corrected chi connectivity index (χ4v) is 3.06. The number of nitrogens with zero attached hydrogens (tertiary/aromatic N) is 2. The second-order valence-corrected chi connectivity index (χ2v) is 6.22. The second kappa shape index (κ2) is 7.47. The molecule has 6 nitrogen and oxygen atoms in total. The van der Waals surface area contributed by atoms with Gasteiger partial charge in [-0.3, -0.25) is 9.78 Å². The van der Waals surface area contributed by atoms with Crippen molar-refractivity contribution >= 4 is 5.91 Å². The SMILES string of the molecule is O=C(N(Cc1cc2c(cn1)OCCO2)CC1CCCNC1)C(F)(F)F. The molecule has 1 aromatic rings. The third kappa shape index (κ3) is 4.53. The fourth-order valence-electron chi connectivity index (χ4n) is 3.06. The normalized spacial score (nSPS) is 20.2. The molecule has 2 aliphatic heterocycles. The molecular formula is C16H20F3N3O3. The Labute approximate surface area is 143 Å². The molecule has 25 heavy (non-hydrogen) atoms. The van der Waals surface area contributed by atoms with Gasteiger partial charge in [0, 0.05) is 12.6 Å². The van der Waals surface area contributed by atoms with E-state index in [-0.39, 0.29) is 19.0 Å². The lowest BCUT2D eigenvalue weighted by Gasteiger charge is -2.30. The van der Waals surface area contributed by atoms with Gasteiger partial charge in [-0.1, -0.05) is 0 Å². The number of nitrogens with one attached hydrogen (secondary N) is 1. The Hall–Kier alpha value is -2.03. The van der Waals surface area contributed by atoms with Crippen LogP contribution in [0.4, 0.5) is 13.2 Å².